The summed E-state index contributed by atoms with van der Waals surface area (Å²) in [5, 5.41) is 0. The standard InChI is InChI=1S/C25H29NO3Si/c1-2-30(28,29)17-16-21-14-9-15-24(18-21)25(27)26(19-22-10-5-3-6-11-22)20-23-12-7-4-8-13-23/h3-15,18,28-29H,2,16-17,19-20H2,1H3. The number of carbonyl (C=O) groups is 1. The van der Waals surface area contributed by atoms with Crippen LogP contribution in [0.3, 0.4) is 0 Å². The maximum atomic E-state index is 13.4. The van der Waals surface area contributed by atoms with Gasteiger partial charge in [0, 0.05) is 18.7 Å². The molecule has 0 aliphatic rings. The summed E-state index contributed by atoms with van der Waals surface area (Å²) in [5.74, 6) is -0.0310. The normalized spacial score (nSPS) is 11.3. The molecule has 0 aliphatic carbocycles. The van der Waals surface area contributed by atoms with Crippen LogP contribution in [0.25, 0.3) is 0 Å². The van der Waals surface area contributed by atoms with Crippen LogP contribution in [0.1, 0.15) is 34.0 Å². The Balaban J connectivity index is 1.80. The van der Waals surface area contributed by atoms with Crippen molar-refractivity contribution >= 4 is 14.5 Å². The molecule has 3 aromatic rings. The fourth-order valence-electron chi connectivity index (χ4n) is 3.37. The summed E-state index contributed by atoms with van der Waals surface area (Å²) >= 11 is 0. The number of hydrogen-bond acceptors (Lipinski definition) is 3. The molecule has 1 amide bonds. The zero-order valence-corrected chi connectivity index (χ0v) is 18.4. The van der Waals surface area contributed by atoms with Gasteiger partial charge < -0.3 is 14.5 Å². The first-order valence-corrected chi connectivity index (χ1v) is 12.7. The van der Waals surface area contributed by atoms with E-state index in [2.05, 4.69) is 0 Å². The van der Waals surface area contributed by atoms with Crippen molar-refractivity contribution in [1.29, 1.82) is 0 Å². The Morgan fingerprint density at radius 2 is 1.33 bits per heavy atom. The summed E-state index contributed by atoms with van der Waals surface area (Å²) in [5.41, 5.74) is 3.74. The highest BCUT2D eigenvalue weighted by Crippen LogP contribution is 2.18. The molecule has 0 heterocycles. The Morgan fingerprint density at radius 1 is 0.800 bits per heavy atom. The molecule has 0 bridgehead atoms. The molecule has 0 saturated heterocycles. The van der Waals surface area contributed by atoms with Crippen molar-refractivity contribution in [2.24, 2.45) is 0 Å². The third kappa shape index (κ3) is 6.39. The van der Waals surface area contributed by atoms with E-state index in [9.17, 15) is 14.4 Å². The summed E-state index contributed by atoms with van der Waals surface area (Å²) in [6, 6.07) is 28.3. The Labute approximate surface area is 179 Å². The van der Waals surface area contributed by atoms with Crippen LogP contribution in [0, 0.1) is 0 Å². The van der Waals surface area contributed by atoms with Crippen LogP contribution >= 0.6 is 0 Å². The Hall–Kier alpha value is -2.73. The molecule has 0 aromatic heterocycles. The van der Waals surface area contributed by atoms with E-state index < -0.39 is 8.56 Å². The molecule has 2 N–H and O–H groups in total. The molecule has 156 valence electrons. The number of carbonyl (C=O) groups excluding carboxylic acids is 1. The average Bonchev–Trinajstić information content (AvgIpc) is 2.78. The van der Waals surface area contributed by atoms with E-state index in [1.54, 1.807) is 6.92 Å². The van der Waals surface area contributed by atoms with Crippen LogP contribution in [0.5, 0.6) is 0 Å². The van der Waals surface area contributed by atoms with Gasteiger partial charge in [-0.25, -0.2) is 0 Å². The first kappa shape index (κ1) is 22.0. The lowest BCUT2D eigenvalue weighted by molar-refractivity contribution is 0.0730. The predicted molar refractivity (Wildman–Crippen MR) is 122 cm³/mol. The highest BCUT2D eigenvalue weighted by molar-refractivity contribution is 6.64. The van der Waals surface area contributed by atoms with Gasteiger partial charge in [-0.2, -0.15) is 0 Å². The molecule has 0 saturated carbocycles. The minimum Gasteiger partial charge on any atom is -0.411 e. The minimum absolute atomic E-state index is 0.0310. The first-order valence-electron chi connectivity index (χ1n) is 10.4. The van der Waals surface area contributed by atoms with E-state index in [0.29, 0.717) is 37.2 Å². The molecule has 30 heavy (non-hydrogen) atoms. The van der Waals surface area contributed by atoms with Gasteiger partial charge in [0.1, 0.15) is 0 Å². The molecule has 0 atom stereocenters. The SMILES string of the molecule is CC[Si](O)(O)CCc1cccc(C(=O)N(Cc2ccccc2)Cc2ccccc2)c1. The van der Waals surface area contributed by atoms with Crippen molar-refractivity contribution in [3.63, 3.8) is 0 Å². The second-order valence-corrected chi connectivity index (χ2v) is 10.8. The average molecular weight is 420 g/mol. The van der Waals surface area contributed by atoms with E-state index in [-0.39, 0.29) is 5.91 Å². The van der Waals surface area contributed by atoms with Gasteiger partial charge in [-0.15, -0.1) is 0 Å². The smallest absolute Gasteiger partial charge is 0.332 e. The van der Waals surface area contributed by atoms with Crippen molar-refractivity contribution in [3.8, 4) is 0 Å². The monoisotopic (exact) mass is 419 g/mol. The Kier molecular flexibility index (Phi) is 7.57. The van der Waals surface area contributed by atoms with Gasteiger partial charge in [0.05, 0.1) is 0 Å². The number of aryl methyl sites for hydroxylation is 1. The highest BCUT2D eigenvalue weighted by Gasteiger charge is 2.26. The number of benzene rings is 3. The fraction of sp³-hybridized carbons (Fsp3) is 0.240. The lowest BCUT2D eigenvalue weighted by Gasteiger charge is -2.24. The van der Waals surface area contributed by atoms with Crippen molar-refractivity contribution < 1.29 is 14.4 Å². The summed E-state index contributed by atoms with van der Waals surface area (Å²) in [4.78, 5) is 35.3. The lowest BCUT2D eigenvalue weighted by atomic mass is 10.1. The second kappa shape index (κ2) is 10.3. The van der Waals surface area contributed by atoms with Gasteiger partial charge in [0.15, 0.2) is 0 Å². The Morgan fingerprint density at radius 3 is 1.87 bits per heavy atom. The van der Waals surface area contributed by atoms with Crippen LogP contribution < -0.4 is 0 Å². The van der Waals surface area contributed by atoms with Gasteiger partial charge >= 0.3 is 8.56 Å². The molecular weight excluding hydrogens is 390 g/mol. The van der Waals surface area contributed by atoms with E-state index >= 15 is 0 Å². The molecular formula is C25H29NO3Si. The second-order valence-electron chi connectivity index (χ2n) is 7.67. The molecule has 0 unspecified atom stereocenters. The topological polar surface area (TPSA) is 60.8 Å². The first-order chi connectivity index (χ1) is 14.5. The quantitative estimate of drug-likeness (QED) is 0.501. The van der Waals surface area contributed by atoms with Gasteiger partial charge in [-0.1, -0.05) is 79.7 Å². The number of hydrogen-bond donors (Lipinski definition) is 2. The van der Waals surface area contributed by atoms with Crippen LogP contribution in [0.15, 0.2) is 84.9 Å². The minimum atomic E-state index is -3.12. The third-order valence-electron chi connectivity index (χ3n) is 5.27. The molecule has 0 spiro atoms. The molecule has 3 rings (SSSR count). The van der Waals surface area contributed by atoms with E-state index in [4.69, 9.17) is 0 Å². The maximum absolute atomic E-state index is 13.4. The fourth-order valence-corrected chi connectivity index (χ4v) is 4.41. The van der Waals surface area contributed by atoms with Crippen LogP contribution in [-0.4, -0.2) is 29.0 Å². The van der Waals surface area contributed by atoms with E-state index in [1.807, 2.05) is 89.8 Å². The van der Waals surface area contributed by atoms with E-state index in [1.165, 1.54) is 0 Å². The maximum Gasteiger partial charge on any atom is 0.332 e. The summed E-state index contributed by atoms with van der Waals surface area (Å²) in [7, 11) is -3.12. The molecule has 0 fully saturated rings. The zero-order valence-electron chi connectivity index (χ0n) is 17.4. The van der Waals surface area contributed by atoms with E-state index in [0.717, 1.165) is 16.7 Å². The molecule has 0 aliphatic heterocycles. The van der Waals surface area contributed by atoms with Crippen molar-refractivity contribution in [2.45, 2.75) is 38.5 Å². The summed E-state index contributed by atoms with van der Waals surface area (Å²) in [6.07, 6.45) is 0.561. The van der Waals surface area contributed by atoms with Crippen molar-refractivity contribution in [1.82, 2.24) is 4.90 Å². The zero-order chi connectivity index (χ0) is 21.4. The van der Waals surface area contributed by atoms with Gasteiger partial charge in [-0.05, 0) is 47.3 Å². The van der Waals surface area contributed by atoms with Gasteiger partial charge in [0.25, 0.3) is 5.91 Å². The van der Waals surface area contributed by atoms with Gasteiger partial charge in [-0.3, -0.25) is 4.79 Å². The number of rotatable bonds is 9. The van der Waals surface area contributed by atoms with Crippen LogP contribution in [0.4, 0.5) is 0 Å². The molecule has 0 radical (unpaired) electrons. The van der Waals surface area contributed by atoms with Crippen LogP contribution in [0.2, 0.25) is 12.1 Å². The van der Waals surface area contributed by atoms with Gasteiger partial charge in [0.2, 0.25) is 0 Å². The number of amides is 1. The largest absolute Gasteiger partial charge is 0.411 e. The number of nitrogens with zero attached hydrogens (tertiary/aromatic N) is 1. The molecule has 4 nitrogen and oxygen atoms in total. The lowest BCUT2D eigenvalue weighted by Crippen LogP contribution is -2.33. The van der Waals surface area contributed by atoms with Crippen molar-refractivity contribution in [3.05, 3.63) is 107 Å². The van der Waals surface area contributed by atoms with Crippen LogP contribution in [-0.2, 0) is 19.5 Å². The predicted octanol–water partition coefficient (Wildman–Crippen LogP) is 4.52. The Bertz CT molecular complexity index is 903. The highest BCUT2D eigenvalue weighted by atomic mass is 28.4. The summed E-state index contributed by atoms with van der Waals surface area (Å²) < 4.78 is 0. The third-order valence-corrected chi connectivity index (χ3v) is 7.46. The van der Waals surface area contributed by atoms with Crippen molar-refractivity contribution in [2.75, 3.05) is 0 Å². The summed E-state index contributed by atoms with van der Waals surface area (Å²) in [6.45, 7) is 2.85. The molecule has 3 aromatic carbocycles. The molecule has 5 heteroatoms.